The molecule has 2 aromatic rings. The quantitative estimate of drug-likeness (QED) is 0.805. The van der Waals surface area contributed by atoms with Crippen LogP contribution in [-0.4, -0.2) is 36.0 Å². The number of thiazole rings is 1. The van der Waals surface area contributed by atoms with Crippen LogP contribution in [0.15, 0.2) is 35.8 Å². The van der Waals surface area contributed by atoms with E-state index in [2.05, 4.69) is 27.3 Å². The minimum absolute atomic E-state index is 0.0149. The van der Waals surface area contributed by atoms with Gasteiger partial charge in [-0.15, -0.1) is 11.3 Å². The number of nitrogens with zero attached hydrogens (tertiary/aromatic N) is 2. The number of nitrogens with one attached hydrogen (secondary N) is 1. The Hall–Kier alpha value is -1.92. The van der Waals surface area contributed by atoms with Crippen molar-refractivity contribution in [2.45, 2.75) is 38.8 Å². The van der Waals surface area contributed by atoms with Crippen LogP contribution in [0, 0.1) is 5.92 Å². The summed E-state index contributed by atoms with van der Waals surface area (Å²) in [7, 11) is 1.69. The molecule has 0 radical (unpaired) electrons. The van der Waals surface area contributed by atoms with Gasteiger partial charge in [0.2, 0.25) is 5.91 Å². The van der Waals surface area contributed by atoms with E-state index < -0.39 is 0 Å². The highest BCUT2D eigenvalue weighted by molar-refractivity contribution is 7.09. The number of rotatable bonds is 7. The standard InChI is InChI=1S/C20H27N3O2S/c1-3-18(24)22-19(20-21-10-12-26-20)16-5-4-11-23(14-16)13-15-6-8-17(25-2)9-7-15/h6-10,12,16,19H,3-5,11,13-14H2,1-2H3,(H,22,24). The number of aromatic nitrogens is 1. The minimum Gasteiger partial charge on any atom is -0.497 e. The second-order valence-electron chi connectivity index (χ2n) is 6.75. The van der Waals surface area contributed by atoms with Crippen LogP contribution in [0.3, 0.4) is 0 Å². The Morgan fingerprint density at radius 3 is 2.88 bits per heavy atom. The molecule has 1 fully saturated rings. The molecule has 5 nitrogen and oxygen atoms in total. The molecule has 1 N–H and O–H groups in total. The van der Waals surface area contributed by atoms with Gasteiger partial charge in [0, 0.05) is 31.1 Å². The Balaban J connectivity index is 1.67. The first-order chi connectivity index (χ1) is 12.7. The number of benzene rings is 1. The van der Waals surface area contributed by atoms with E-state index in [1.165, 1.54) is 5.56 Å². The zero-order chi connectivity index (χ0) is 18.4. The maximum Gasteiger partial charge on any atom is 0.220 e. The van der Waals surface area contributed by atoms with Crippen molar-refractivity contribution in [2.24, 2.45) is 5.92 Å². The highest BCUT2D eigenvalue weighted by Gasteiger charge is 2.30. The third kappa shape index (κ3) is 4.83. The van der Waals surface area contributed by atoms with Crippen LogP contribution in [0.2, 0.25) is 0 Å². The van der Waals surface area contributed by atoms with E-state index in [-0.39, 0.29) is 11.9 Å². The Morgan fingerprint density at radius 2 is 2.23 bits per heavy atom. The minimum atomic E-state index is 0.0149. The molecular weight excluding hydrogens is 346 g/mol. The summed E-state index contributed by atoms with van der Waals surface area (Å²) in [4.78, 5) is 19.0. The van der Waals surface area contributed by atoms with Gasteiger partial charge in [0.05, 0.1) is 13.2 Å². The van der Waals surface area contributed by atoms with Gasteiger partial charge in [-0.05, 0) is 43.0 Å². The number of piperidine rings is 1. The summed E-state index contributed by atoms with van der Waals surface area (Å²) in [5.41, 5.74) is 1.29. The lowest BCUT2D eigenvalue weighted by atomic mass is 9.90. The van der Waals surface area contributed by atoms with Gasteiger partial charge >= 0.3 is 0 Å². The monoisotopic (exact) mass is 373 g/mol. The Labute approximate surface area is 159 Å². The fourth-order valence-electron chi connectivity index (χ4n) is 3.54. The largest absolute Gasteiger partial charge is 0.497 e. The number of hydrogen-bond acceptors (Lipinski definition) is 5. The van der Waals surface area contributed by atoms with E-state index >= 15 is 0 Å². The normalized spacial score (nSPS) is 19.1. The molecule has 140 valence electrons. The smallest absolute Gasteiger partial charge is 0.220 e. The van der Waals surface area contributed by atoms with Gasteiger partial charge < -0.3 is 10.1 Å². The molecule has 1 aromatic carbocycles. The molecule has 1 aliphatic heterocycles. The van der Waals surface area contributed by atoms with E-state index in [9.17, 15) is 4.79 Å². The number of amides is 1. The SMILES string of the molecule is CCC(=O)NC(c1nccs1)C1CCCN(Cc2ccc(OC)cc2)C1. The van der Waals surface area contributed by atoms with Crippen LogP contribution >= 0.6 is 11.3 Å². The first-order valence-corrected chi connectivity index (χ1v) is 10.1. The number of likely N-dealkylation sites (tertiary alicyclic amines) is 1. The van der Waals surface area contributed by atoms with E-state index in [1.54, 1.807) is 18.4 Å². The summed E-state index contributed by atoms with van der Waals surface area (Å²) in [5, 5.41) is 6.21. The second-order valence-corrected chi connectivity index (χ2v) is 7.68. The Bertz CT molecular complexity index is 688. The highest BCUT2D eigenvalue weighted by atomic mass is 32.1. The zero-order valence-corrected chi connectivity index (χ0v) is 16.3. The lowest BCUT2D eigenvalue weighted by Gasteiger charge is -2.36. The van der Waals surface area contributed by atoms with Crippen molar-refractivity contribution in [1.82, 2.24) is 15.2 Å². The molecule has 1 saturated heterocycles. The van der Waals surface area contributed by atoms with Gasteiger partial charge in [0.15, 0.2) is 0 Å². The van der Waals surface area contributed by atoms with E-state index in [0.717, 1.165) is 43.2 Å². The maximum atomic E-state index is 12.0. The van der Waals surface area contributed by atoms with Crippen LogP contribution in [0.5, 0.6) is 5.75 Å². The van der Waals surface area contributed by atoms with Crippen molar-refractivity contribution >= 4 is 17.2 Å². The molecule has 0 bridgehead atoms. The van der Waals surface area contributed by atoms with Gasteiger partial charge in [-0.25, -0.2) is 4.98 Å². The van der Waals surface area contributed by atoms with Crippen molar-refractivity contribution in [2.75, 3.05) is 20.2 Å². The highest BCUT2D eigenvalue weighted by Crippen LogP contribution is 2.31. The summed E-state index contributed by atoms with van der Waals surface area (Å²) in [6.45, 7) is 4.88. The molecule has 0 saturated carbocycles. The predicted molar refractivity (Wildman–Crippen MR) is 104 cm³/mol. The summed E-state index contributed by atoms with van der Waals surface area (Å²) in [6.07, 6.45) is 4.59. The van der Waals surface area contributed by atoms with E-state index in [0.29, 0.717) is 12.3 Å². The summed E-state index contributed by atoms with van der Waals surface area (Å²) >= 11 is 1.63. The van der Waals surface area contributed by atoms with Crippen molar-refractivity contribution in [3.8, 4) is 5.75 Å². The number of methoxy groups -OCH3 is 1. The van der Waals surface area contributed by atoms with Crippen molar-refractivity contribution in [3.63, 3.8) is 0 Å². The van der Waals surface area contributed by atoms with Crippen molar-refractivity contribution in [1.29, 1.82) is 0 Å². The predicted octanol–water partition coefficient (Wildman–Crippen LogP) is 3.63. The Morgan fingerprint density at radius 1 is 1.42 bits per heavy atom. The van der Waals surface area contributed by atoms with Crippen LogP contribution in [0.4, 0.5) is 0 Å². The fourth-order valence-corrected chi connectivity index (χ4v) is 4.32. The van der Waals surface area contributed by atoms with Crippen LogP contribution in [0.25, 0.3) is 0 Å². The molecule has 0 spiro atoms. The van der Waals surface area contributed by atoms with Crippen molar-refractivity contribution < 1.29 is 9.53 Å². The molecule has 1 aliphatic rings. The van der Waals surface area contributed by atoms with Crippen LogP contribution in [0.1, 0.15) is 42.8 Å². The van der Waals surface area contributed by atoms with Gasteiger partial charge in [-0.3, -0.25) is 9.69 Å². The zero-order valence-electron chi connectivity index (χ0n) is 15.5. The lowest BCUT2D eigenvalue weighted by Crippen LogP contribution is -2.42. The lowest BCUT2D eigenvalue weighted by molar-refractivity contribution is -0.122. The average molecular weight is 374 g/mol. The van der Waals surface area contributed by atoms with Crippen LogP contribution in [-0.2, 0) is 11.3 Å². The molecule has 2 atom stereocenters. The molecule has 1 amide bonds. The number of ether oxygens (including phenoxy) is 1. The molecular formula is C20H27N3O2S. The Kier molecular flexibility index (Phi) is 6.63. The molecule has 1 aromatic heterocycles. The maximum absolute atomic E-state index is 12.0. The number of carbonyl (C=O) groups is 1. The fraction of sp³-hybridized carbons (Fsp3) is 0.500. The summed E-state index contributed by atoms with van der Waals surface area (Å²) < 4.78 is 5.24. The molecule has 3 rings (SSSR count). The molecule has 2 unspecified atom stereocenters. The van der Waals surface area contributed by atoms with E-state index in [4.69, 9.17) is 4.74 Å². The second kappa shape index (κ2) is 9.14. The summed E-state index contributed by atoms with van der Waals surface area (Å²) in [6, 6.07) is 8.29. The van der Waals surface area contributed by atoms with Crippen molar-refractivity contribution in [3.05, 3.63) is 46.4 Å². The third-order valence-corrected chi connectivity index (χ3v) is 5.79. The van der Waals surface area contributed by atoms with Gasteiger partial charge in [-0.1, -0.05) is 19.1 Å². The number of hydrogen-bond donors (Lipinski definition) is 1. The first-order valence-electron chi connectivity index (χ1n) is 9.23. The molecule has 6 heteroatoms. The third-order valence-electron chi connectivity index (χ3n) is 4.93. The molecule has 2 heterocycles. The molecule has 26 heavy (non-hydrogen) atoms. The number of carbonyl (C=O) groups excluding carboxylic acids is 1. The van der Waals surface area contributed by atoms with E-state index in [1.807, 2.05) is 30.6 Å². The van der Waals surface area contributed by atoms with Gasteiger partial charge in [0.25, 0.3) is 0 Å². The summed E-state index contributed by atoms with van der Waals surface area (Å²) in [5.74, 6) is 1.37. The van der Waals surface area contributed by atoms with Gasteiger partial charge in [0.1, 0.15) is 10.8 Å². The van der Waals surface area contributed by atoms with Crippen LogP contribution < -0.4 is 10.1 Å². The van der Waals surface area contributed by atoms with Gasteiger partial charge in [-0.2, -0.15) is 0 Å². The molecule has 0 aliphatic carbocycles. The first kappa shape index (κ1) is 18.9. The average Bonchev–Trinajstić information content (AvgIpc) is 3.21. The topological polar surface area (TPSA) is 54.5 Å².